The molecule has 3 heterocycles. The van der Waals surface area contributed by atoms with Crippen molar-refractivity contribution in [2.24, 2.45) is 0 Å². The summed E-state index contributed by atoms with van der Waals surface area (Å²) in [6, 6.07) is 2.35. The third kappa shape index (κ3) is 2.53. The number of hydrogen-bond donors (Lipinski definition) is 0. The minimum atomic E-state index is -4.55. The van der Waals surface area contributed by atoms with Gasteiger partial charge in [0.2, 0.25) is 0 Å². The van der Waals surface area contributed by atoms with Crippen LogP contribution in [0, 0.1) is 6.92 Å². The van der Waals surface area contributed by atoms with Crippen LogP contribution >= 0.6 is 9.24 Å². The number of aromatic nitrogens is 1. The van der Waals surface area contributed by atoms with Gasteiger partial charge < -0.3 is 0 Å². The minimum Gasteiger partial charge on any atom is -0.268 e. The Bertz CT molecular complexity index is 591. The Balaban J connectivity index is 1.90. The Labute approximate surface area is 122 Å². The number of rotatable bonds is 1. The molecule has 1 aromatic heterocycles. The number of piperidine rings is 1. The van der Waals surface area contributed by atoms with E-state index in [1.165, 1.54) is 13.0 Å². The van der Waals surface area contributed by atoms with Gasteiger partial charge in [-0.25, -0.2) is 9.99 Å². The van der Waals surface area contributed by atoms with Crippen LogP contribution < -0.4 is 0 Å². The van der Waals surface area contributed by atoms with Gasteiger partial charge in [-0.2, -0.15) is 13.2 Å². The number of alkyl halides is 3. The molecule has 2 aliphatic rings. The lowest BCUT2D eigenvalue weighted by molar-refractivity contribution is -0.163. The summed E-state index contributed by atoms with van der Waals surface area (Å²) in [6.45, 7) is 2.25. The molecule has 114 valence electrons. The maximum Gasteiger partial charge on any atom is 0.433 e. The smallest absolute Gasteiger partial charge is 0.268 e. The van der Waals surface area contributed by atoms with Crippen molar-refractivity contribution < 1.29 is 18.0 Å². The molecule has 4 atom stereocenters. The third-order valence-electron chi connectivity index (χ3n) is 3.90. The Morgan fingerprint density at radius 1 is 1.38 bits per heavy atom. The summed E-state index contributed by atoms with van der Waals surface area (Å²) in [5.74, 6) is -0.210. The zero-order valence-electron chi connectivity index (χ0n) is 11.4. The van der Waals surface area contributed by atoms with E-state index in [4.69, 9.17) is 0 Å². The average molecular weight is 317 g/mol. The van der Waals surface area contributed by atoms with Crippen molar-refractivity contribution in [2.75, 3.05) is 6.54 Å². The molecule has 2 aliphatic heterocycles. The lowest BCUT2D eigenvalue weighted by Gasteiger charge is -2.57. The van der Waals surface area contributed by atoms with Gasteiger partial charge in [0.1, 0.15) is 5.69 Å². The Morgan fingerprint density at radius 3 is 2.67 bits per heavy atom. The van der Waals surface area contributed by atoms with Crippen LogP contribution in [0.4, 0.5) is 13.2 Å². The lowest BCUT2D eigenvalue weighted by atomic mass is 9.99. The third-order valence-corrected chi connectivity index (χ3v) is 4.58. The zero-order chi connectivity index (χ0) is 15.4. The lowest BCUT2D eigenvalue weighted by Crippen LogP contribution is -2.71. The van der Waals surface area contributed by atoms with Crippen molar-refractivity contribution in [3.05, 3.63) is 29.1 Å². The molecule has 1 amide bonds. The van der Waals surface area contributed by atoms with E-state index in [-0.39, 0.29) is 29.0 Å². The first-order valence-electron chi connectivity index (χ1n) is 6.69. The quantitative estimate of drug-likeness (QED) is 0.747. The number of aryl methyl sites for hydroxylation is 1. The summed E-state index contributed by atoms with van der Waals surface area (Å²) in [7, 11) is 2.67. The van der Waals surface area contributed by atoms with Crippen LogP contribution in [0.1, 0.15) is 34.6 Å². The van der Waals surface area contributed by atoms with Crippen LogP contribution in [0.3, 0.4) is 0 Å². The van der Waals surface area contributed by atoms with E-state index in [9.17, 15) is 18.0 Å². The predicted octanol–water partition coefficient (Wildman–Crippen LogP) is 2.45. The SMILES string of the molecule is Cc1cc(C(=O)N2C3CC[C@@H](P)N2C3)cc(C(F)(F)F)n1. The standard InChI is InChI=1S/C13H15F3N3OP/c1-7-4-8(5-10(17-7)13(14,15)16)12(20)19-9-2-3-11(21)18(19)6-9/h4-5,9,11H,2-3,6,21H2,1H3/t9?,11-/m1/s1. The first kappa shape index (κ1) is 14.7. The van der Waals surface area contributed by atoms with E-state index < -0.39 is 11.9 Å². The molecule has 2 bridgehead atoms. The zero-order valence-corrected chi connectivity index (χ0v) is 12.5. The van der Waals surface area contributed by atoms with Gasteiger partial charge in [-0.1, -0.05) is 0 Å². The van der Waals surface area contributed by atoms with E-state index in [1.807, 2.05) is 5.01 Å². The van der Waals surface area contributed by atoms with E-state index >= 15 is 0 Å². The second-order valence-corrected chi connectivity index (χ2v) is 6.22. The number of nitrogens with zero attached hydrogens (tertiary/aromatic N) is 3. The second-order valence-electron chi connectivity index (χ2n) is 5.45. The highest BCUT2D eigenvalue weighted by Gasteiger charge is 2.47. The molecular weight excluding hydrogens is 302 g/mol. The van der Waals surface area contributed by atoms with Gasteiger partial charge in [-0.15, -0.1) is 9.24 Å². The molecular formula is C13H15F3N3OP. The fourth-order valence-electron chi connectivity index (χ4n) is 2.87. The first-order chi connectivity index (χ1) is 9.77. The topological polar surface area (TPSA) is 36.4 Å². The maximum absolute atomic E-state index is 12.8. The van der Waals surface area contributed by atoms with Crippen molar-refractivity contribution in [3.63, 3.8) is 0 Å². The van der Waals surface area contributed by atoms with Gasteiger partial charge in [-0.05, 0) is 31.9 Å². The molecule has 3 rings (SSSR count). The predicted molar refractivity (Wildman–Crippen MR) is 73.4 cm³/mol. The fourth-order valence-corrected chi connectivity index (χ4v) is 3.33. The number of halogens is 3. The monoisotopic (exact) mass is 317 g/mol. The summed E-state index contributed by atoms with van der Waals surface area (Å²) in [5.41, 5.74) is -0.783. The summed E-state index contributed by atoms with van der Waals surface area (Å²) in [4.78, 5) is 16.0. The number of hydrogen-bond acceptors (Lipinski definition) is 3. The molecule has 2 fully saturated rings. The molecule has 4 nitrogen and oxygen atoms in total. The first-order valence-corrected chi connectivity index (χ1v) is 7.35. The highest BCUT2D eigenvalue weighted by molar-refractivity contribution is 7.17. The highest BCUT2D eigenvalue weighted by Crippen LogP contribution is 2.37. The Morgan fingerprint density at radius 2 is 2.10 bits per heavy atom. The van der Waals surface area contributed by atoms with Crippen LogP contribution in [0.15, 0.2) is 12.1 Å². The van der Waals surface area contributed by atoms with Gasteiger partial charge >= 0.3 is 6.18 Å². The van der Waals surface area contributed by atoms with Crippen LogP contribution in [0.2, 0.25) is 0 Å². The summed E-state index contributed by atoms with van der Waals surface area (Å²) in [5, 5.41) is 3.47. The molecule has 8 heteroatoms. The normalized spacial score (nSPS) is 28.2. The van der Waals surface area contributed by atoms with Crippen molar-refractivity contribution in [1.29, 1.82) is 0 Å². The van der Waals surface area contributed by atoms with Gasteiger partial charge in [0.05, 0.1) is 6.04 Å². The number of hydrazine groups is 1. The van der Waals surface area contributed by atoms with Gasteiger partial charge in [0.25, 0.3) is 5.91 Å². The van der Waals surface area contributed by atoms with Crippen LogP contribution in [-0.2, 0) is 6.18 Å². The van der Waals surface area contributed by atoms with E-state index in [1.54, 1.807) is 5.01 Å². The molecule has 0 aliphatic carbocycles. The molecule has 0 N–H and O–H groups in total. The largest absolute Gasteiger partial charge is 0.433 e. The van der Waals surface area contributed by atoms with Gasteiger partial charge in [-0.3, -0.25) is 9.80 Å². The highest BCUT2D eigenvalue weighted by atomic mass is 31.0. The van der Waals surface area contributed by atoms with E-state index in [0.717, 1.165) is 25.5 Å². The maximum atomic E-state index is 12.8. The molecule has 0 radical (unpaired) electrons. The number of fused-ring (bicyclic) bond motifs is 2. The number of pyridine rings is 1. The Kier molecular flexibility index (Phi) is 3.45. The van der Waals surface area contributed by atoms with Crippen LogP contribution in [0.5, 0.6) is 0 Å². The van der Waals surface area contributed by atoms with Crippen LogP contribution in [-0.4, -0.2) is 39.3 Å². The molecule has 0 saturated carbocycles. The minimum absolute atomic E-state index is 0.0450. The number of amides is 1. The van der Waals surface area contributed by atoms with Crippen molar-refractivity contribution in [1.82, 2.24) is 15.0 Å². The Hall–Kier alpha value is -1.20. The van der Waals surface area contributed by atoms with Crippen molar-refractivity contribution in [3.8, 4) is 0 Å². The summed E-state index contributed by atoms with van der Waals surface area (Å²) < 4.78 is 38.4. The van der Waals surface area contributed by atoms with Gasteiger partial charge in [0.15, 0.2) is 0 Å². The average Bonchev–Trinajstić information content (AvgIpc) is 2.36. The second kappa shape index (κ2) is 4.92. The van der Waals surface area contributed by atoms with Gasteiger partial charge in [0, 0.05) is 23.6 Å². The molecule has 21 heavy (non-hydrogen) atoms. The fraction of sp³-hybridized carbons (Fsp3) is 0.538. The van der Waals surface area contributed by atoms with Crippen LogP contribution in [0.25, 0.3) is 0 Å². The molecule has 0 spiro atoms. The molecule has 2 saturated heterocycles. The number of carbonyl (C=O) groups excluding carboxylic acids is 1. The summed E-state index contributed by atoms with van der Waals surface area (Å²) in [6.07, 6.45) is -2.69. The number of carbonyl (C=O) groups is 1. The molecule has 0 aromatic carbocycles. The molecule has 3 unspecified atom stereocenters. The van der Waals surface area contributed by atoms with E-state index in [2.05, 4.69) is 14.2 Å². The van der Waals surface area contributed by atoms with Crippen molar-refractivity contribution in [2.45, 2.75) is 37.8 Å². The van der Waals surface area contributed by atoms with E-state index in [0.29, 0.717) is 0 Å². The summed E-state index contributed by atoms with van der Waals surface area (Å²) >= 11 is 0. The molecule has 1 aromatic rings. The van der Waals surface area contributed by atoms with Crippen molar-refractivity contribution >= 4 is 15.1 Å².